The maximum Gasteiger partial charge on any atom is 0.165 e. The molecule has 1 aromatic carbocycles. The Bertz CT molecular complexity index is 509. The summed E-state index contributed by atoms with van der Waals surface area (Å²) in [6, 6.07) is 3.78. The molecule has 1 N–H and O–H groups in total. The Kier molecular flexibility index (Phi) is 2.59. The second kappa shape index (κ2) is 4.02. The highest BCUT2D eigenvalue weighted by molar-refractivity contribution is 5.58. The van der Waals surface area contributed by atoms with E-state index in [1.807, 2.05) is 13.0 Å². The van der Waals surface area contributed by atoms with Crippen LogP contribution in [0.1, 0.15) is 24.5 Å². The molecule has 3 heteroatoms. The van der Waals surface area contributed by atoms with Crippen LogP contribution in [-0.4, -0.2) is 30.2 Å². The number of phenols is 1. The van der Waals surface area contributed by atoms with Gasteiger partial charge >= 0.3 is 0 Å². The summed E-state index contributed by atoms with van der Waals surface area (Å²) in [4.78, 5) is 2.33. The first-order valence-electron chi connectivity index (χ1n) is 6.47. The normalized spacial score (nSPS) is 27.0. The molecule has 18 heavy (non-hydrogen) atoms. The summed E-state index contributed by atoms with van der Waals surface area (Å²) in [5.41, 5.74) is 2.42. The molecule has 0 unspecified atom stereocenters. The zero-order chi connectivity index (χ0) is 12.8. The third-order valence-electron chi connectivity index (χ3n) is 4.06. The Morgan fingerprint density at radius 1 is 1.44 bits per heavy atom. The molecule has 0 saturated heterocycles. The van der Waals surface area contributed by atoms with Crippen molar-refractivity contribution >= 4 is 0 Å². The molecule has 0 saturated carbocycles. The summed E-state index contributed by atoms with van der Waals surface area (Å²) in [6.45, 7) is 4.66. The van der Waals surface area contributed by atoms with Gasteiger partial charge in [0.25, 0.3) is 0 Å². The molecule has 3 rings (SSSR count). The van der Waals surface area contributed by atoms with Gasteiger partial charge in [0.05, 0.1) is 5.41 Å². The topological polar surface area (TPSA) is 32.7 Å². The lowest BCUT2D eigenvalue weighted by Crippen LogP contribution is -2.28. The number of benzene rings is 1. The first-order chi connectivity index (χ1) is 8.66. The number of rotatable bonds is 1. The zero-order valence-electron chi connectivity index (χ0n) is 10.9. The largest absolute Gasteiger partial charge is 0.504 e. The minimum atomic E-state index is -0.0527. The molecule has 3 nitrogen and oxygen atoms in total. The lowest BCUT2D eigenvalue weighted by molar-refractivity contribution is 0.253. The Morgan fingerprint density at radius 2 is 2.28 bits per heavy atom. The third kappa shape index (κ3) is 1.54. The van der Waals surface area contributed by atoms with E-state index in [0.29, 0.717) is 12.4 Å². The minimum absolute atomic E-state index is 0.0527. The number of phenolic OH excluding ortho intramolecular Hbond substituents is 1. The predicted molar refractivity (Wildman–Crippen MR) is 71.0 cm³/mol. The highest BCUT2D eigenvalue weighted by Crippen LogP contribution is 2.50. The molecule has 2 heterocycles. The number of ether oxygens (including phenoxy) is 1. The fourth-order valence-electron chi connectivity index (χ4n) is 3.20. The van der Waals surface area contributed by atoms with Gasteiger partial charge in [-0.25, -0.2) is 0 Å². The van der Waals surface area contributed by atoms with E-state index in [4.69, 9.17) is 4.74 Å². The van der Waals surface area contributed by atoms with Crippen LogP contribution in [0.25, 0.3) is 0 Å². The van der Waals surface area contributed by atoms with Crippen molar-refractivity contribution in [2.75, 3.05) is 20.2 Å². The van der Waals surface area contributed by atoms with E-state index in [0.717, 1.165) is 19.5 Å². The number of allylic oxidation sites excluding steroid dienone is 1. The molecule has 0 amide bonds. The van der Waals surface area contributed by atoms with Crippen molar-refractivity contribution in [3.63, 3.8) is 0 Å². The van der Waals surface area contributed by atoms with E-state index in [1.54, 1.807) is 6.07 Å². The highest BCUT2D eigenvalue weighted by Gasteiger charge is 2.43. The van der Waals surface area contributed by atoms with Gasteiger partial charge in [0, 0.05) is 12.1 Å². The third-order valence-corrected chi connectivity index (χ3v) is 4.06. The molecule has 0 aliphatic carbocycles. The van der Waals surface area contributed by atoms with Gasteiger partial charge in [-0.2, -0.15) is 0 Å². The van der Waals surface area contributed by atoms with Crippen LogP contribution in [0, 0.1) is 0 Å². The van der Waals surface area contributed by atoms with Gasteiger partial charge in [-0.3, -0.25) is 0 Å². The smallest absolute Gasteiger partial charge is 0.165 e. The lowest BCUT2D eigenvalue weighted by atomic mass is 9.77. The van der Waals surface area contributed by atoms with E-state index >= 15 is 0 Å². The maximum atomic E-state index is 9.97. The molecular formula is C15H19NO2. The zero-order valence-corrected chi connectivity index (χ0v) is 10.9. The van der Waals surface area contributed by atoms with E-state index in [2.05, 4.69) is 24.1 Å². The molecule has 0 fully saturated rings. The van der Waals surface area contributed by atoms with Crippen LogP contribution in [0.3, 0.4) is 0 Å². The fraction of sp³-hybridized carbons (Fsp3) is 0.467. The first-order valence-corrected chi connectivity index (χ1v) is 6.47. The van der Waals surface area contributed by atoms with Gasteiger partial charge in [-0.15, -0.1) is 0 Å². The predicted octanol–water partition coefficient (Wildman–Crippen LogP) is 2.43. The Hall–Kier alpha value is -1.48. The molecule has 1 aromatic rings. The van der Waals surface area contributed by atoms with Crippen molar-refractivity contribution in [3.05, 3.63) is 35.4 Å². The van der Waals surface area contributed by atoms with Crippen molar-refractivity contribution in [1.29, 1.82) is 0 Å². The SMILES string of the molecule is C/C=C\[C@@]12CCN(C)Cc3ccc(O)c(c31)OC2. The van der Waals surface area contributed by atoms with Crippen molar-refractivity contribution < 1.29 is 9.84 Å². The molecule has 96 valence electrons. The lowest BCUT2D eigenvalue weighted by Gasteiger charge is -2.23. The quantitative estimate of drug-likeness (QED) is 0.771. The second-order valence-corrected chi connectivity index (χ2v) is 5.38. The Morgan fingerprint density at radius 3 is 3.06 bits per heavy atom. The van der Waals surface area contributed by atoms with Crippen LogP contribution in [0.15, 0.2) is 24.3 Å². The standard InChI is InChI=1S/C15H19NO2/c1-3-6-15-7-8-16(2)9-11-4-5-12(17)14(13(11)15)18-10-15/h3-6,17H,7-10H2,1-2H3/b6-3-/t15-/m0/s1. The maximum absolute atomic E-state index is 9.97. The molecule has 1 atom stereocenters. The Balaban J connectivity index is 2.23. The number of hydrogen-bond acceptors (Lipinski definition) is 3. The summed E-state index contributed by atoms with van der Waals surface area (Å²) >= 11 is 0. The van der Waals surface area contributed by atoms with Crippen molar-refractivity contribution in [2.24, 2.45) is 0 Å². The van der Waals surface area contributed by atoms with Crippen LogP contribution in [0.4, 0.5) is 0 Å². The monoisotopic (exact) mass is 245 g/mol. The molecule has 0 spiro atoms. The summed E-state index contributed by atoms with van der Waals surface area (Å²) in [5, 5.41) is 9.97. The number of hydrogen-bond donors (Lipinski definition) is 1. The van der Waals surface area contributed by atoms with Crippen LogP contribution in [0.2, 0.25) is 0 Å². The molecule has 0 bridgehead atoms. The molecule has 0 radical (unpaired) electrons. The van der Waals surface area contributed by atoms with Gasteiger partial charge < -0.3 is 14.7 Å². The molecule has 0 aromatic heterocycles. The summed E-state index contributed by atoms with van der Waals surface area (Å²) < 4.78 is 5.78. The van der Waals surface area contributed by atoms with Gasteiger partial charge in [-0.1, -0.05) is 18.2 Å². The Labute approximate surface area is 108 Å². The summed E-state index contributed by atoms with van der Waals surface area (Å²) in [5.74, 6) is 0.964. The van der Waals surface area contributed by atoms with E-state index in [9.17, 15) is 5.11 Å². The van der Waals surface area contributed by atoms with Gasteiger partial charge in [0.2, 0.25) is 0 Å². The molecular weight excluding hydrogens is 226 g/mol. The van der Waals surface area contributed by atoms with Crippen LogP contribution in [-0.2, 0) is 12.0 Å². The van der Waals surface area contributed by atoms with E-state index in [-0.39, 0.29) is 11.2 Å². The van der Waals surface area contributed by atoms with Crippen LogP contribution >= 0.6 is 0 Å². The molecule has 2 aliphatic rings. The highest BCUT2D eigenvalue weighted by atomic mass is 16.5. The second-order valence-electron chi connectivity index (χ2n) is 5.38. The van der Waals surface area contributed by atoms with Crippen LogP contribution in [0.5, 0.6) is 11.5 Å². The van der Waals surface area contributed by atoms with Crippen molar-refractivity contribution in [3.8, 4) is 11.5 Å². The first kappa shape index (κ1) is 11.6. The van der Waals surface area contributed by atoms with Gasteiger partial charge in [0.1, 0.15) is 6.61 Å². The van der Waals surface area contributed by atoms with E-state index in [1.165, 1.54) is 11.1 Å². The van der Waals surface area contributed by atoms with Crippen molar-refractivity contribution in [2.45, 2.75) is 25.3 Å². The summed E-state index contributed by atoms with van der Waals surface area (Å²) in [7, 11) is 2.14. The van der Waals surface area contributed by atoms with Gasteiger partial charge in [0.15, 0.2) is 11.5 Å². The number of nitrogens with zero attached hydrogens (tertiary/aromatic N) is 1. The molecule has 2 aliphatic heterocycles. The average Bonchev–Trinajstić information content (AvgIpc) is 2.66. The number of aromatic hydroxyl groups is 1. The van der Waals surface area contributed by atoms with Gasteiger partial charge in [-0.05, 0) is 38.6 Å². The fourth-order valence-corrected chi connectivity index (χ4v) is 3.20. The van der Waals surface area contributed by atoms with Crippen LogP contribution < -0.4 is 4.74 Å². The van der Waals surface area contributed by atoms with Crippen molar-refractivity contribution in [1.82, 2.24) is 4.90 Å². The minimum Gasteiger partial charge on any atom is -0.504 e. The average molecular weight is 245 g/mol. The summed E-state index contributed by atoms with van der Waals surface area (Å²) in [6.07, 6.45) is 5.37. The van der Waals surface area contributed by atoms with E-state index < -0.39 is 0 Å².